The zero-order valence-electron chi connectivity index (χ0n) is 11.6. The molecule has 0 aromatic heterocycles. The molecule has 2 rings (SSSR count). The topological polar surface area (TPSA) is 61.4 Å². The van der Waals surface area contributed by atoms with E-state index in [2.05, 4.69) is 10.6 Å². The molecule has 2 fully saturated rings. The Balaban J connectivity index is 1.57. The number of rotatable bonds is 5. The van der Waals surface area contributed by atoms with E-state index >= 15 is 0 Å². The molecule has 0 unspecified atom stereocenters. The molecular weight excluding hydrogens is 242 g/mol. The summed E-state index contributed by atoms with van der Waals surface area (Å²) in [4.78, 5) is 25.3. The number of likely N-dealkylation sites (tertiary alicyclic amines) is 1. The van der Waals surface area contributed by atoms with Gasteiger partial charge in [-0.05, 0) is 51.1 Å². The molecule has 0 bridgehead atoms. The molecule has 0 radical (unpaired) electrons. The lowest BCUT2D eigenvalue weighted by atomic mass is 9.93. The second-order valence-corrected chi connectivity index (χ2v) is 5.60. The van der Waals surface area contributed by atoms with E-state index < -0.39 is 0 Å². The van der Waals surface area contributed by atoms with Crippen LogP contribution in [0.25, 0.3) is 0 Å². The third kappa shape index (κ3) is 4.82. The van der Waals surface area contributed by atoms with Crippen molar-refractivity contribution in [2.24, 2.45) is 5.92 Å². The van der Waals surface area contributed by atoms with Gasteiger partial charge in [-0.1, -0.05) is 0 Å². The third-order valence-corrected chi connectivity index (χ3v) is 4.13. The Morgan fingerprint density at radius 1 is 1.16 bits per heavy atom. The van der Waals surface area contributed by atoms with Crippen molar-refractivity contribution < 1.29 is 9.59 Å². The van der Waals surface area contributed by atoms with Crippen LogP contribution in [0.1, 0.15) is 38.5 Å². The maximum absolute atomic E-state index is 11.8. The molecule has 0 saturated carbocycles. The van der Waals surface area contributed by atoms with Gasteiger partial charge in [0.15, 0.2) is 0 Å². The summed E-state index contributed by atoms with van der Waals surface area (Å²) in [6, 6.07) is 0. The van der Waals surface area contributed by atoms with Gasteiger partial charge in [-0.15, -0.1) is 0 Å². The van der Waals surface area contributed by atoms with Crippen LogP contribution in [0.5, 0.6) is 0 Å². The number of nitrogens with zero attached hydrogens (tertiary/aromatic N) is 1. The predicted octanol–water partition coefficient (Wildman–Crippen LogP) is 0.505. The van der Waals surface area contributed by atoms with Crippen LogP contribution < -0.4 is 10.6 Å². The quantitative estimate of drug-likeness (QED) is 0.763. The van der Waals surface area contributed by atoms with E-state index in [0.29, 0.717) is 12.3 Å². The van der Waals surface area contributed by atoms with Crippen molar-refractivity contribution in [2.45, 2.75) is 38.5 Å². The van der Waals surface area contributed by atoms with E-state index in [4.69, 9.17) is 0 Å². The molecule has 0 atom stereocenters. The van der Waals surface area contributed by atoms with Crippen molar-refractivity contribution >= 4 is 11.8 Å². The maximum Gasteiger partial charge on any atom is 0.241 e. The maximum atomic E-state index is 11.8. The molecule has 2 N–H and O–H groups in total. The van der Waals surface area contributed by atoms with E-state index in [1.807, 2.05) is 4.90 Å². The lowest BCUT2D eigenvalue weighted by Crippen LogP contribution is -2.38. The summed E-state index contributed by atoms with van der Waals surface area (Å²) in [6.07, 6.45) is 6.02. The van der Waals surface area contributed by atoms with E-state index in [0.717, 1.165) is 45.4 Å². The summed E-state index contributed by atoms with van der Waals surface area (Å²) in [5.74, 6) is 0.750. The minimum Gasteiger partial charge on any atom is -0.347 e. The van der Waals surface area contributed by atoms with Crippen molar-refractivity contribution in [1.82, 2.24) is 15.5 Å². The van der Waals surface area contributed by atoms with Gasteiger partial charge in [0.25, 0.3) is 0 Å². The first-order valence-corrected chi connectivity index (χ1v) is 7.51. The second kappa shape index (κ2) is 7.48. The monoisotopic (exact) mass is 267 g/mol. The molecule has 2 amide bonds. The molecule has 19 heavy (non-hydrogen) atoms. The molecule has 2 heterocycles. The Morgan fingerprint density at radius 2 is 1.84 bits per heavy atom. The van der Waals surface area contributed by atoms with Crippen LogP contribution in [0.2, 0.25) is 0 Å². The molecule has 2 aliphatic heterocycles. The Kier molecular flexibility index (Phi) is 5.63. The highest BCUT2D eigenvalue weighted by molar-refractivity contribution is 5.84. The van der Waals surface area contributed by atoms with E-state index in [-0.39, 0.29) is 18.4 Å². The van der Waals surface area contributed by atoms with Crippen LogP contribution in [0.4, 0.5) is 0 Å². The minimum atomic E-state index is 0.0195. The molecule has 2 aliphatic rings. The first-order chi connectivity index (χ1) is 9.25. The number of hydrogen-bond donors (Lipinski definition) is 2. The highest BCUT2D eigenvalue weighted by Gasteiger charge is 2.19. The summed E-state index contributed by atoms with van der Waals surface area (Å²) >= 11 is 0. The van der Waals surface area contributed by atoms with Crippen molar-refractivity contribution in [1.29, 1.82) is 0 Å². The van der Waals surface area contributed by atoms with Crippen LogP contribution in [0.3, 0.4) is 0 Å². The molecule has 108 valence electrons. The standard InChI is InChI=1S/C14H25N3O2/c18-13(4-3-12-5-7-15-8-6-12)16-11-14(19)17-9-1-2-10-17/h12,15H,1-11H2,(H,16,18). The predicted molar refractivity (Wildman–Crippen MR) is 73.7 cm³/mol. The van der Waals surface area contributed by atoms with Gasteiger partial charge in [0.1, 0.15) is 0 Å². The summed E-state index contributed by atoms with van der Waals surface area (Å²) in [5.41, 5.74) is 0. The minimum absolute atomic E-state index is 0.0195. The van der Waals surface area contributed by atoms with Gasteiger partial charge in [0.05, 0.1) is 6.54 Å². The van der Waals surface area contributed by atoms with Crippen molar-refractivity contribution in [3.05, 3.63) is 0 Å². The summed E-state index contributed by atoms with van der Waals surface area (Å²) in [5, 5.41) is 6.08. The van der Waals surface area contributed by atoms with Crippen molar-refractivity contribution in [3.63, 3.8) is 0 Å². The molecule has 0 aliphatic carbocycles. The largest absolute Gasteiger partial charge is 0.347 e. The lowest BCUT2D eigenvalue weighted by molar-refractivity contribution is -0.132. The molecule has 5 nitrogen and oxygen atoms in total. The number of piperidine rings is 1. The molecular formula is C14H25N3O2. The number of nitrogens with one attached hydrogen (secondary N) is 2. The fraction of sp³-hybridized carbons (Fsp3) is 0.857. The Labute approximate surface area is 115 Å². The van der Waals surface area contributed by atoms with Crippen molar-refractivity contribution in [3.8, 4) is 0 Å². The fourth-order valence-corrected chi connectivity index (χ4v) is 2.85. The first-order valence-electron chi connectivity index (χ1n) is 7.51. The van der Waals surface area contributed by atoms with Crippen LogP contribution in [0.15, 0.2) is 0 Å². The SMILES string of the molecule is O=C(CCC1CCNCC1)NCC(=O)N1CCCC1. The molecule has 0 aromatic rings. The van der Waals surface area contributed by atoms with Gasteiger partial charge in [-0.2, -0.15) is 0 Å². The van der Waals surface area contributed by atoms with Gasteiger partial charge >= 0.3 is 0 Å². The number of amides is 2. The number of hydrogen-bond acceptors (Lipinski definition) is 3. The summed E-state index contributed by atoms with van der Waals surface area (Å²) < 4.78 is 0. The highest BCUT2D eigenvalue weighted by Crippen LogP contribution is 2.17. The zero-order valence-corrected chi connectivity index (χ0v) is 11.6. The smallest absolute Gasteiger partial charge is 0.241 e. The Hall–Kier alpha value is -1.10. The molecule has 2 saturated heterocycles. The number of carbonyl (C=O) groups is 2. The molecule has 0 aromatic carbocycles. The third-order valence-electron chi connectivity index (χ3n) is 4.13. The normalized spacial score (nSPS) is 20.5. The van der Waals surface area contributed by atoms with E-state index in [9.17, 15) is 9.59 Å². The first kappa shape index (κ1) is 14.3. The van der Waals surface area contributed by atoms with Crippen LogP contribution >= 0.6 is 0 Å². The fourth-order valence-electron chi connectivity index (χ4n) is 2.85. The highest BCUT2D eigenvalue weighted by atomic mass is 16.2. The Morgan fingerprint density at radius 3 is 2.53 bits per heavy atom. The molecule has 0 spiro atoms. The van der Waals surface area contributed by atoms with Gasteiger partial charge in [0.2, 0.25) is 11.8 Å². The van der Waals surface area contributed by atoms with Gasteiger partial charge < -0.3 is 15.5 Å². The van der Waals surface area contributed by atoms with E-state index in [1.54, 1.807) is 0 Å². The number of carbonyl (C=O) groups excluding carboxylic acids is 2. The van der Waals surface area contributed by atoms with Gasteiger partial charge in [0, 0.05) is 19.5 Å². The van der Waals surface area contributed by atoms with Gasteiger partial charge in [-0.25, -0.2) is 0 Å². The Bertz CT molecular complexity index is 308. The van der Waals surface area contributed by atoms with Crippen LogP contribution in [-0.2, 0) is 9.59 Å². The van der Waals surface area contributed by atoms with E-state index in [1.165, 1.54) is 12.8 Å². The zero-order chi connectivity index (χ0) is 13.5. The second-order valence-electron chi connectivity index (χ2n) is 5.60. The summed E-state index contributed by atoms with van der Waals surface area (Å²) in [6.45, 7) is 4.01. The van der Waals surface area contributed by atoms with Gasteiger partial charge in [-0.3, -0.25) is 9.59 Å². The van der Waals surface area contributed by atoms with Crippen molar-refractivity contribution in [2.75, 3.05) is 32.7 Å². The van der Waals surface area contributed by atoms with Crippen LogP contribution in [0, 0.1) is 5.92 Å². The van der Waals surface area contributed by atoms with Crippen LogP contribution in [-0.4, -0.2) is 49.4 Å². The average Bonchev–Trinajstić information content (AvgIpc) is 2.98. The summed E-state index contributed by atoms with van der Waals surface area (Å²) in [7, 11) is 0. The average molecular weight is 267 g/mol. The molecule has 5 heteroatoms. The lowest BCUT2D eigenvalue weighted by Gasteiger charge is -2.22.